The second-order valence-corrected chi connectivity index (χ2v) is 3.97. The zero-order valence-corrected chi connectivity index (χ0v) is 8.91. The standard InChI is InChI=1S/C9H19NO5/c1-4(2)14-9-6(10)8(13)7(12)5(3-11)15-9/h4-9,11-13H,3,10H2,1-2H3. The van der Waals surface area contributed by atoms with Gasteiger partial charge in [-0.2, -0.15) is 0 Å². The van der Waals surface area contributed by atoms with Gasteiger partial charge in [0, 0.05) is 0 Å². The third-order valence-corrected chi connectivity index (χ3v) is 2.33. The molecule has 5 unspecified atom stereocenters. The summed E-state index contributed by atoms with van der Waals surface area (Å²) in [7, 11) is 0. The first-order chi connectivity index (χ1) is 6.97. The molecule has 0 aliphatic carbocycles. The Morgan fingerprint density at radius 3 is 2.40 bits per heavy atom. The van der Waals surface area contributed by atoms with E-state index >= 15 is 0 Å². The fourth-order valence-corrected chi connectivity index (χ4v) is 1.49. The lowest BCUT2D eigenvalue weighted by Crippen LogP contribution is -2.62. The van der Waals surface area contributed by atoms with E-state index in [0.717, 1.165) is 0 Å². The van der Waals surface area contributed by atoms with E-state index in [0.29, 0.717) is 0 Å². The molecule has 0 aromatic heterocycles. The Bertz CT molecular complexity index is 199. The van der Waals surface area contributed by atoms with E-state index in [-0.39, 0.29) is 12.7 Å². The van der Waals surface area contributed by atoms with E-state index in [2.05, 4.69) is 0 Å². The number of aliphatic hydroxyl groups excluding tert-OH is 3. The average molecular weight is 221 g/mol. The number of aliphatic hydroxyl groups is 3. The van der Waals surface area contributed by atoms with Crippen molar-refractivity contribution >= 4 is 0 Å². The van der Waals surface area contributed by atoms with Gasteiger partial charge < -0.3 is 30.5 Å². The predicted octanol–water partition coefficient (Wildman–Crippen LogP) is -1.82. The van der Waals surface area contributed by atoms with Crippen molar-refractivity contribution in [2.75, 3.05) is 6.61 Å². The van der Waals surface area contributed by atoms with Crippen molar-refractivity contribution in [2.24, 2.45) is 5.73 Å². The Labute approximate surface area is 88.6 Å². The Morgan fingerprint density at radius 2 is 1.93 bits per heavy atom. The van der Waals surface area contributed by atoms with Crippen LogP contribution in [0, 0.1) is 0 Å². The molecule has 1 aliphatic rings. The highest BCUT2D eigenvalue weighted by Gasteiger charge is 2.43. The van der Waals surface area contributed by atoms with Crippen LogP contribution < -0.4 is 5.73 Å². The van der Waals surface area contributed by atoms with Gasteiger partial charge in [-0.3, -0.25) is 0 Å². The maximum absolute atomic E-state index is 9.58. The fourth-order valence-electron chi connectivity index (χ4n) is 1.49. The van der Waals surface area contributed by atoms with Crippen molar-refractivity contribution in [2.45, 2.75) is 50.6 Å². The summed E-state index contributed by atoms with van der Waals surface area (Å²) in [4.78, 5) is 0. The first-order valence-electron chi connectivity index (χ1n) is 5.01. The lowest BCUT2D eigenvalue weighted by molar-refractivity contribution is -0.274. The van der Waals surface area contributed by atoms with Crippen LogP contribution in [0.3, 0.4) is 0 Å². The molecule has 1 aliphatic heterocycles. The van der Waals surface area contributed by atoms with Gasteiger partial charge in [0.25, 0.3) is 0 Å². The van der Waals surface area contributed by atoms with Crippen LogP contribution in [0.25, 0.3) is 0 Å². The van der Waals surface area contributed by atoms with E-state index in [1.807, 2.05) is 0 Å². The van der Waals surface area contributed by atoms with Crippen LogP contribution in [0.1, 0.15) is 13.8 Å². The quantitative estimate of drug-likeness (QED) is 0.447. The summed E-state index contributed by atoms with van der Waals surface area (Å²) in [5, 5.41) is 28.0. The molecule has 0 spiro atoms. The molecule has 1 fully saturated rings. The van der Waals surface area contributed by atoms with Gasteiger partial charge in [-0.05, 0) is 13.8 Å². The zero-order valence-electron chi connectivity index (χ0n) is 8.91. The molecular weight excluding hydrogens is 202 g/mol. The molecule has 0 saturated carbocycles. The van der Waals surface area contributed by atoms with Crippen LogP contribution >= 0.6 is 0 Å². The topological polar surface area (TPSA) is 105 Å². The fraction of sp³-hybridized carbons (Fsp3) is 1.00. The number of rotatable bonds is 3. The molecule has 6 heteroatoms. The maximum atomic E-state index is 9.58. The SMILES string of the molecule is CC(C)OC1OC(CO)C(O)C(O)C1N. The second-order valence-electron chi connectivity index (χ2n) is 3.97. The zero-order chi connectivity index (χ0) is 11.6. The third kappa shape index (κ3) is 2.87. The Morgan fingerprint density at radius 1 is 1.33 bits per heavy atom. The molecule has 1 heterocycles. The molecule has 0 amide bonds. The molecule has 6 nitrogen and oxygen atoms in total. The molecule has 5 N–H and O–H groups in total. The predicted molar refractivity (Wildman–Crippen MR) is 52.0 cm³/mol. The van der Waals surface area contributed by atoms with Gasteiger partial charge in [-0.25, -0.2) is 0 Å². The van der Waals surface area contributed by atoms with Crippen molar-refractivity contribution in [1.29, 1.82) is 0 Å². The number of hydrogen-bond acceptors (Lipinski definition) is 6. The first kappa shape index (κ1) is 12.8. The van der Waals surface area contributed by atoms with Gasteiger partial charge in [0.2, 0.25) is 0 Å². The van der Waals surface area contributed by atoms with Gasteiger partial charge in [-0.1, -0.05) is 0 Å². The lowest BCUT2D eigenvalue weighted by atomic mass is 9.98. The van der Waals surface area contributed by atoms with Crippen LogP contribution in [0.2, 0.25) is 0 Å². The Hall–Kier alpha value is -0.240. The molecule has 0 aromatic carbocycles. The van der Waals surface area contributed by atoms with E-state index in [1.165, 1.54) is 0 Å². The monoisotopic (exact) mass is 221 g/mol. The highest BCUT2D eigenvalue weighted by molar-refractivity contribution is 4.91. The van der Waals surface area contributed by atoms with Crippen LogP contribution in [-0.4, -0.2) is 58.7 Å². The second kappa shape index (κ2) is 5.20. The largest absolute Gasteiger partial charge is 0.394 e. The van der Waals surface area contributed by atoms with E-state index in [4.69, 9.17) is 20.3 Å². The van der Waals surface area contributed by atoms with Crippen molar-refractivity contribution in [1.82, 2.24) is 0 Å². The minimum atomic E-state index is -1.18. The van der Waals surface area contributed by atoms with Gasteiger partial charge in [0.05, 0.1) is 18.8 Å². The molecule has 5 atom stereocenters. The molecule has 0 aromatic rings. The van der Waals surface area contributed by atoms with Crippen molar-refractivity contribution in [3.05, 3.63) is 0 Å². The number of ether oxygens (including phenoxy) is 2. The van der Waals surface area contributed by atoms with Crippen molar-refractivity contribution < 1.29 is 24.8 Å². The molecule has 1 rings (SSSR count). The molecule has 15 heavy (non-hydrogen) atoms. The van der Waals surface area contributed by atoms with Crippen LogP contribution in [0.15, 0.2) is 0 Å². The minimum absolute atomic E-state index is 0.108. The summed E-state index contributed by atoms with van der Waals surface area (Å²) in [6, 6.07) is -0.815. The number of hydrogen-bond donors (Lipinski definition) is 4. The lowest BCUT2D eigenvalue weighted by Gasteiger charge is -2.40. The molecular formula is C9H19NO5. The highest BCUT2D eigenvalue weighted by Crippen LogP contribution is 2.21. The summed E-state index contributed by atoms with van der Waals surface area (Å²) >= 11 is 0. The van der Waals surface area contributed by atoms with Crippen LogP contribution in [0.4, 0.5) is 0 Å². The molecule has 1 saturated heterocycles. The molecule has 90 valence electrons. The maximum Gasteiger partial charge on any atom is 0.176 e. The summed E-state index contributed by atoms with van der Waals surface area (Å²) in [5.41, 5.74) is 5.64. The summed E-state index contributed by atoms with van der Waals surface area (Å²) < 4.78 is 10.6. The van der Waals surface area contributed by atoms with Crippen molar-refractivity contribution in [3.8, 4) is 0 Å². The van der Waals surface area contributed by atoms with Gasteiger partial charge in [0.1, 0.15) is 18.3 Å². The van der Waals surface area contributed by atoms with Gasteiger partial charge in [0.15, 0.2) is 6.29 Å². The average Bonchev–Trinajstić information content (AvgIpc) is 2.18. The van der Waals surface area contributed by atoms with E-state index < -0.39 is 30.6 Å². The van der Waals surface area contributed by atoms with Gasteiger partial charge >= 0.3 is 0 Å². The van der Waals surface area contributed by atoms with Crippen LogP contribution in [0.5, 0.6) is 0 Å². The first-order valence-corrected chi connectivity index (χ1v) is 5.01. The van der Waals surface area contributed by atoms with Crippen LogP contribution in [-0.2, 0) is 9.47 Å². The summed E-state index contributed by atoms with van der Waals surface area (Å²) in [5.74, 6) is 0. The molecule has 0 bridgehead atoms. The van der Waals surface area contributed by atoms with Gasteiger partial charge in [-0.15, -0.1) is 0 Å². The summed E-state index contributed by atoms with van der Waals surface area (Å²) in [6.45, 7) is 3.23. The normalized spacial score (nSPS) is 42.2. The Kier molecular flexibility index (Phi) is 4.45. The smallest absolute Gasteiger partial charge is 0.176 e. The Balaban J connectivity index is 2.65. The minimum Gasteiger partial charge on any atom is -0.394 e. The summed E-state index contributed by atoms with van der Waals surface area (Å²) in [6.07, 6.45) is -4.11. The number of nitrogens with two attached hydrogens (primary N) is 1. The van der Waals surface area contributed by atoms with Crippen molar-refractivity contribution in [3.63, 3.8) is 0 Å². The van der Waals surface area contributed by atoms with E-state index in [9.17, 15) is 10.2 Å². The molecule has 0 radical (unpaired) electrons. The van der Waals surface area contributed by atoms with E-state index in [1.54, 1.807) is 13.8 Å². The third-order valence-electron chi connectivity index (χ3n) is 2.33. The highest BCUT2D eigenvalue weighted by atomic mass is 16.7.